The molecule has 1 aliphatic rings. The lowest BCUT2D eigenvalue weighted by atomic mass is 10.2. The average molecular weight is 563 g/mol. The normalized spacial score (nSPS) is 13.8. The first-order valence-electron chi connectivity index (χ1n) is 12.2. The standard InChI is InChI=1S/C27H29ClF2N4O3S/c28-24-16-22(7-8-25(24)30)31-27(36)33(10-9-32-11-13-37-14-12-32)19-26(35)34(18-23-2-1-15-38-23)17-20-3-5-21(29)6-4-20/h1-8,15-16H,9-14,17-19H2,(H,31,36). The SMILES string of the molecule is O=C(CN(CCN1CCOCC1)C(=O)Nc1ccc(F)c(Cl)c1)N(Cc1ccc(F)cc1)Cc1cccs1. The molecule has 2 heterocycles. The molecule has 11 heteroatoms. The summed E-state index contributed by atoms with van der Waals surface area (Å²) in [5, 5.41) is 4.55. The highest BCUT2D eigenvalue weighted by molar-refractivity contribution is 7.09. The Morgan fingerprint density at radius 1 is 1.03 bits per heavy atom. The second kappa shape index (κ2) is 13.7. The predicted molar refractivity (Wildman–Crippen MR) is 144 cm³/mol. The fraction of sp³-hybridized carbons (Fsp3) is 0.333. The number of urea groups is 1. The monoisotopic (exact) mass is 562 g/mol. The molecule has 2 aromatic carbocycles. The number of benzene rings is 2. The van der Waals surface area contributed by atoms with Crippen molar-refractivity contribution in [2.75, 3.05) is 51.3 Å². The van der Waals surface area contributed by atoms with Crippen LogP contribution in [0.5, 0.6) is 0 Å². The molecule has 0 atom stereocenters. The molecule has 1 saturated heterocycles. The van der Waals surface area contributed by atoms with Crippen LogP contribution in [0.25, 0.3) is 0 Å². The minimum atomic E-state index is -0.589. The van der Waals surface area contributed by atoms with E-state index in [9.17, 15) is 18.4 Å². The molecule has 0 radical (unpaired) electrons. The Bertz CT molecular complexity index is 1210. The number of thiophene rings is 1. The second-order valence-electron chi connectivity index (χ2n) is 8.89. The van der Waals surface area contributed by atoms with E-state index >= 15 is 0 Å². The minimum absolute atomic E-state index is 0.111. The van der Waals surface area contributed by atoms with Crippen molar-refractivity contribution in [1.29, 1.82) is 0 Å². The fourth-order valence-electron chi connectivity index (χ4n) is 4.01. The van der Waals surface area contributed by atoms with Gasteiger partial charge in [0.15, 0.2) is 0 Å². The fourth-order valence-corrected chi connectivity index (χ4v) is 4.91. The summed E-state index contributed by atoms with van der Waals surface area (Å²) in [6, 6.07) is 13.3. The molecule has 3 amide bonds. The molecule has 0 unspecified atom stereocenters. The highest BCUT2D eigenvalue weighted by atomic mass is 35.5. The highest BCUT2D eigenvalue weighted by Crippen LogP contribution is 2.20. The zero-order valence-electron chi connectivity index (χ0n) is 20.7. The lowest BCUT2D eigenvalue weighted by molar-refractivity contribution is -0.133. The number of nitrogens with zero attached hydrogens (tertiary/aromatic N) is 3. The van der Waals surface area contributed by atoms with Gasteiger partial charge in [-0.3, -0.25) is 9.69 Å². The van der Waals surface area contributed by atoms with Crippen LogP contribution in [0.3, 0.4) is 0 Å². The summed E-state index contributed by atoms with van der Waals surface area (Å²) >= 11 is 7.41. The number of morpholine rings is 1. The highest BCUT2D eigenvalue weighted by Gasteiger charge is 2.24. The average Bonchev–Trinajstić information content (AvgIpc) is 3.43. The Kier molecular flexibility index (Phi) is 10.1. The Morgan fingerprint density at radius 3 is 2.47 bits per heavy atom. The Labute approximate surface area is 229 Å². The van der Waals surface area contributed by atoms with Crippen LogP contribution in [0.1, 0.15) is 10.4 Å². The number of nitrogens with one attached hydrogen (secondary N) is 1. The van der Waals surface area contributed by atoms with E-state index in [2.05, 4.69) is 10.2 Å². The molecule has 3 aromatic rings. The summed E-state index contributed by atoms with van der Waals surface area (Å²) < 4.78 is 32.4. The molecule has 1 fully saturated rings. The van der Waals surface area contributed by atoms with E-state index in [0.717, 1.165) is 23.5 Å². The van der Waals surface area contributed by atoms with Crippen LogP contribution in [0.2, 0.25) is 5.02 Å². The molecule has 202 valence electrons. The number of hydrogen-bond donors (Lipinski definition) is 1. The van der Waals surface area contributed by atoms with Crippen LogP contribution in [-0.2, 0) is 22.6 Å². The third-order valence-electron chi connectivity index (χ3n) is 6.14. The third kappa shape index (κ3) is 8.22. The maximum atomic E-state index is 13.6. The van der Waals surface area contributed by atoms with Gasteiger partial charge in [-0.2, -0.15) is 0 Å². The van der Waals surface area contributed by atoms with Gasteiger partial charge < -0.3 is 19.9 Å². The van der Waals surface area contributed by atoms with E-state index in [4.69, 9.17) is 16.3 Å². The number of amides is 3. The summed E-state index contributed by atoms with van der Waals surface area (Å²) in [6.07, 6.45) is 0. The minimum Gasteiger partial charge on any atom is -0.379 e. The molecule has 0 saturated carbocycles. The molecular formula is C27H29ClF2N4O3S. The van der Waals surface area contributed by atoms with Gasteiger partial charge in [0.05, 0.1) is 24.8 Å². The largest absolute Gasteiger partial charge is 0.379 e. The van der Waals surface area contributed by atoms with Gasteiger partial charge in [0.2, 0.25) is 5.91 Å². The van der Waals surface area contributed by atoms with Crippen LogP contribution in [0.4, 0.5) is 19.3 Å². The van der Waals surface area contributed by atoms with Crippen molar-refractivity contribution >= 4 is 40.6 Å². The van der Waals surface area contributed by atoms with Gasteiger partial charge in [0, 0.05) is 43.3 Å². The number of anilines is 1. The van der Waals surface area contributed by atoms with Gasteiger partial charge in [-0.15, -0.1) is 11.3 Å². The predicted octanol–water partition coefficient (Wildman–Crippen LogP) is 5.07. The second-order valence-corrected chi connectivity index (χ2v) is 10.3. The van der Waals surface area contributed by atoms with Crippen molar-refractivity contribution in [2.24, 2.45) is 0 Å². The molecular weight excluding hydrogens is 534 g/mol. The van der Waals surface area contributed by atoms with Gasteiger partial charge in [-0.05, 0) is 47.3 Å². The first-order valence-corrected chi connectivity index (χ1v) is 13.5. The van der Waals surface area contributed by atoms with Crippen LogP contribution in [0, 0.1) is 11.6 Å². The quantitative estimate of drug-likeness (QED) is 0.374. The van der Waals surface area contributed by atoms with Crippen molar-refractivity contribution < 1.29 is 23.1 Å². The van der Waals surface area contributed by atoms with Gasteiger partial charge in [0.25, 0.3) is 0 Å². The van der Waals surface area contributed by atoms with Gasteiger partial charge in [0.1, 0.15) is 18.2 Å². The molecule has 1 aromatic heterocycles. The van der Waals surface area contributed by atoms with Gasteiger partial charge in [-0.1, -0.05) is 29.8 Å². The number of hydrogen-bond acceptors (Lipinski definition) is 5. The summed E-state index contributed by atoms with van der Waals surface area (Å²) in [7, 11) is 0. The first-order chi connectivity index (χ1) is 18.4. The number of carbonyl (C=O) groups excluding carboxylic acids is 2. The zero-order chi connectivity index (χ0) is 26.9. The molecule has 1 aliphatic heterocycles. The van der Waals surface area contributed by atoms with Crippen LogP contribution in [-0.4, -0.2) is 72.6 Å². The summed E-state index contributed by atoms with van der Waals surface area (Å²) in [4.78, 5) is 33.1. The van der Waals surface area contributed by atoms with E-state index < -0.39 is 11.8 Å². The van der Waals surface area contributed by atoms with Gasteiger partial charge in [-0.25, -0.2) is 13.6 Å². The molecule has 38 heavy (non-hydrogen) atoms. The molecule has 0 spiro atoms. The summed E-state index contributed by atoms with van der Waals surface area (Å²) in [5.74, 6) is -1.19. The van der Waals surface area contributed by atoms with Crippen LogP contribution >= 0.6 is 22.9 Å². The maximum Gasteiger partial charge on any atom is 0.322 e. The van der Waals surface area contributed by atoms with Crippen molar-refractivity contribution in [2.45, 2.75) is 13.1 Å². The lowest BCUT2D eigenvalue weighted by Crippen LogP contribution is -2.48. The third-order valence-corrected chi connectivity index (χ3v) is 7.29. The van der Waals surface area contributed by atoms with Crippen molar-refractivity contribution in [1.82, 2.24) is 14.7 Å². The van der Waals surface area contributed by atoms with E-state index in [1.807, 2.05) is 17.5 Å². The van der Waals surface area contributed by atoms with Gasteiger partial charge >= 0.3 is 6.03 Å². The molecule has 4 rings (SSSR count). The van der Waals surface area contributed by atoms with E-state index in [1.165, 1.54) is 46.6 Å². The molecule has 0 aliphatic carbocycles. The van der Waals surface area contributed by atoms with Crippen molar-refractivity contribution in [3.8, 4) is 0 Å². The van der Waals surface area contributed by atoms with E-state index in [0.29, 0.717) is 38.5 Å². The number of halogens is 3. The summed E-state index contributed by atoms with van der Waals surface area (Å²) in [5.41, 5.74) is 1.11. The van der Waals surface area contributed by atoms with Crippen LogP contribution in [0.15, 0.2) is 60.0 Å². The topological polar surface area (TPSA) is 65.1 Å². The lowest BCUT2D eigenvalue weighted by Gasteiger charge is -2.31. The Hall–Kier alpha value is -3.05. The van der Waals surface area contributed by atoms with Crippen molar-refractivity contribution in [3.63, 3.8) is 0 Å². The maximum absolute atomic E-state index is 13.6. The van der Waals surface area contributed by atoms with Crippen LogP contribution < -0.4 is 5.32 Å². The smallest absolute Gasteiger partial charge is 0.322 e. The molecule has 0 bridgehead atoms. The van der Waals surface area contributed by atoms with E-state index in [-0.39, 0.29) is 29.8 Å². The number of carbonyl (C=O) groups is 2. The van der Waals surface area contributed by atoms with Crippen molar-refractivity contribution in [3.05, 3.63) is 87.1 Å². The zero-order valence-corrected chi connectivity index (χ0v) is 22.3. The Balaban J connectivity index is 1.50. The number of rotatable bonds is 10. The van der Waals surface area contributed by atoms with E-state index in [1.54, 1.807) is 17.0 Å². The first kappa shape index (κ1) is 28.0. The summed E-state index contributed by atoms with van der Waals surface area (Å²) in [6.45, 7) is 4.05. The number of ether oxygens (including phenoxy) is 1. The molecule has 1 N–H and O–H groups in total. The Morgan fingerprint density at radius 2 is 1.79 bits per heavy atom. The molecule has 7 nitrogen and oxygen atoms in total.